The van der Waals surface area contributed by atoms with Crippen molar-refractivity contribution in [1.29, 1.82) is 0 Å². The van der Waals surface area contributed by atoms with E-state index in [2.05, 4.69) is 10.3 Å². The van der Waals surface area contributed by atoms with Crippen molar-refractivity contribution >= 4 is 29.3 Å². The molecule has 114 valence electrons. The zero-order valence-corrected chi connectivity index (χ0v) is 12.1. The van der Waals surface area contributed by atoms with Gasteiger partial charge in [-0.1, -0.05) is 11.6 Å². The van der Waals surface area contributed by atoms with E-state index in [4.69, 9.17) is 21.4 Å². The maximum Gasteiger partial charge on any atom is 0.339 e. The molecule has 1 saturated heterocycles. The lowest BCUT2D eigenvalue weighted by Crippen LogP contribution is -2.41. The second kappa shape index (κ2) is 7.24. The average Bonchev–Trinajstić information content (AvgIpc) is 2.48. The number of carboxylic acid groups (broad SMARTS) is 1. The number of rotatable bonds is 5. The van der Waals surface area contributed by atoms with Crippen molar-refractivity contribution in [3.63, 3.8) is 0 Å². The first-order valence-electron chi connectivity index (χ1n) is 6.57. The number of carboxylic acids is 1. The number of aromatic nitrogens is 1. The molecular weight excluding hydrogens is 298 g/mol. The molecule has 0 aromatic carbocycles. The Balaban J connectivity index is 1.89. The smallest absolute Gasteiger partial charge is 0.339 e. The first-order valence-corrected chi connectivity index (χ1v) is 6.95. The van der Waals surface area contributed by atoms with Gasteiger partial charge in [0.1, 0.15) is 16.5 Å². The Labute approximate surface area is 126 Å². The fraction of sp³-hybridized carbons (Fsp3) is 0.462. The zero-order valence-electron chi connectivity index (χ0n) is 11.3. The standard InChI is InChI=1S/C13H16ClN3O4/c14-10-2-1-9(13(19)20)12(16-10)15-4-3-11(18)17-5-7-21-8-6-17/h1-2H,3-8H2,(H,15,16)(H,19,20). The number of amides is 1. The molecular formula is C13H16ClN3O4. The summed E-state index contributed by atoms with van der Waals surface area (Å²) in [6.45, 7) is 2.59. The van der Waals surface area contributed by atoms with Crippen LogP contribution in [0.25, 0.3) is 0 Å². The van der Waals surface area contributed by atoms with Gasteiger partial charge in [-0.15, -0.1) is 0 Å². The Bertz CT molecular complexity index is 532. The van der Waals surface area contributed by atoms with Gasteiger partial charge in [-0.3, -0.25) is 4.79 Å². The number of nitrogens with zero attached hydrogens (tertiary/aromatic N) is 2. The summed E-state index contributed by atoms with van der Waals surface area (Å²) in [5.74, 6) is -0.921. The predicted molar refractivity (Wildman–Crippen MR) is 76.7 cm³/mol. The third-order valence-electron chi connectivity index (χ3n) is 3.09. The molecule has 1 aromatic heterocycles. The van der Waals surface area contributed by atoms with Gasteiger partial charge in [-0.25, -0.2) is 9.78 Å². The highest BCUT2D eigenvalue weighted by Crippen LogP contribution is 2.16. The van der Waals surface area contributed by atoms with Crippen LogP contribution in [-0.4, -0.2) is 59.7 Å². The summed E-state index contributed by atoms with van der Waals surface area (Å²) in [6, 6.07) is 2.79. The van der Waals surface area contributed by atoms with E-state index < -0.39 is 5.97 Å². The van der Waals surface area contributed by atoms with E-state index in [1.54, 1.807) is 4.90 Å². The van der Waals surface area contributed by atoms with E-state index in [0.29, 0.717) is 32.8 Å². The van der Waals surface area contributed by atoms with Crippen LogP contribution >= 0.6 is 11.6 Å². The number of carbonyl (C=O) groups is 2. The van der Waals surface area contributed by atoms with Crippen LogP contribution < -0.4 is 5.32 Å². The molecule has 2 N–H and O–H groups in total. The Morgan fingerprint density at radius 1 is 1.38 bits per heavy atom. The number of morpholine rings is 1. The Morgan fingerprint density at radius 2 is 2.10 bits per heavy atom. The minimum atomic E-state index is -1.10. The van der Waals surface area contributed by atoms with Gasteiger partial charge in [0.15, 0.2) is 0 Å². The summed E-state index contributed by atoms with van der Waals surface area (Å²) in [5, 5.41) is 12.1. The fourth-order valence-electron chi connectivity index (χ4n) is 2.00. The van der Waals surface area contributed by atoms with Crippen LogP contribution in [0.2, 0.25) is 5.15 Å². The molecule has 1 aliphatic rings. The molecule has 8 heteroatoms. The molecule has 1 aromatic rings. The molecule has 0 atom stereocenters. The maximum absolute atomic E-state index is 11.9. The van der Waals surface area contributed by atoms with Gasteiger partial charge >= 0.3 is 5.97 Å². The van der Waals surface area contributed by atoms with Gasteiger partial charge in [-0.05, 0) is 12.1 Å². The van der Waals surface area contributed by atoms with E-state index in [1.807, 2.05) is 0 Å². The number of hydrogen-bond acceptors (Lipinski definition) is 5. The van der Waals surface area contributed by atoms with Crippen LogP contribution in [-0.2, 0) is 9.53 Å². The van der Waals surface area contributed by atoms with Crippen molar-refractivity contribution in [2.24, 2.45) is 0 Å². The van der Waals surface area contributed by atoms with Gasteiger partial charge in [0, 0.05) is 26.1 Å². The van der Waals surface area contributed by atoms with Gasteiger partial charge in [0.25, 0.3) is 0 Å². The number of anilines is 1. The maximum atomic E-state index is 11.9. The number of halogens is 1. The first kappa shape index (κ1) is 15.5. The molecule has 0 bridgehead atoms. The number of hydrogen-bond donors (Lipinski definition) is 2. The lowest BCUT2D eigenvalue weighted by Gasteiger charge is -2.26. The van der Waals surface area contributed by atoms with Crippen molar-refractivity contribution in [1.82, 2.24) is 9.88 Å². The van der Waals surface area contributed by atoms with Gasteiger partial charge < -0.3 is 20.1 Å². The molecule has 0 radical (unpaired) electrons. The predicted octanol–water partition coefficient (Wildman–Crippen LogP) is 1.09. The first-order chi connectivity index (χ1) is 10.1. The van der Waals surface area contributed by atoms with E-state index in [-0.39, 0.29) is 28.9 Å². The number of aromatic carboxylic acids is 1. The van der Waals surface area contributed by atoms with Crippen LogP contribution in [0.5, 0.6) is 0 Å². The highest BCUT2D eigenvalue weighted by Gasteiger charge is 2.17. The number of nitrogens with one attached hydrogen (secondary N) is 1. The molecule has 2 heterocycles. The van der Waals surface area contributed by atoms with Crippen LogP contribution in [0, 0.1) is 0 Å². The summed E-state index contributed by atoms with van der Waals surface area (Å²) in [7, 11) is 0. The third kappa shape index (κ3) is 4.30. The Kier molecular flexibility index (Phi) is 5.35. The number of carbonyl (C=O) groups excluding carboxylic acids is 1. The summed E-state index contributed by atoms with van der Waals surface area (Å²) < 4.78 is 5.18. The van der Waals surface area contributed by atoms with Gasteiger partial charge in [0.2, 0.25) is 5.91 Å². The Morgan fingerprint density at radius 3 is 2.76 bits per heavy atom. The molecule has 1 amide bonds. The summed E-state index contributed by atoms with van der Waals surface area (Å²) in [6.07, 6.45) is 0.257. The molecule has 21 heavy (non-hydrogen) atoms. The van der Waals surface area contributed by atoms with Crippen molar-refractivity contribution in [2.75, 3.05) is 38.2 Å². The van der Waals surface area contributed by atoms with Crippen molar-refractivity contribution in [2.45, 2.75) is 6.42 Å². The third-order valence-corrected chi connectivity index (χ3v) is 3.30. The SMILES string of the molecule is O=C(O)c1ccc(Cl)nc1NCCC(=O)N1CCOCC1. The highest BCUT2D eigenvalue weighted by molar-refractivity contribution is 6.29. The number of pyridine rings is 1. The van der Waals surface area contributed by atoms with Crippen LogP contribution in [0.3, 0.4) is 0 Å². The largest absolute Gasteiger partial charge is 0.478 e. The second-order valence-corrected chi connectivity index (χ2v) is 4.89. The van der Waals surface area contributed by atoms with Crippen LogP contribution in [0.1, 0.15) is 16.8 Å². The molecule has 7 nitrogen and oxygen atoms in total. The van der Waals surface area contributed by atoms with Crippen molar-refractivity contribution < 1.29 is 19.4 Å². The minimum absolute atomic E-state index is 0.00435. The van der Waals surface area contributed by atoms with Crippen LogP contribution in [0.15, 0.2) is 12.1 Å². The second-order valence-electron chi connectivity index (χ2n) is 4.51. The average molecular weight is 314 g/mol. The minimum Gasteiger partial charge on any atom is -0.478 e. The lowest BCUT2D eigenvalue weighted by molar-refractivity contribution is -0.134. The fourth-order valence-corrected chi connectivity index (χ4v) is 2.15. The summed E-state index contributed by atoms with van der Waals surface area (Å²) in [5.41, 5.74) is 0.0261. The monoisotopic (exact) mass is 313 g/mol. The quantitative estimate of drug-likeness (QED) is 0.791. The summed E-state index contributed by atoms with van der Waals surface area (Å²) >= 11 is 5.75. The zero-order chi connectivity index (χ0) is 15.2. The molecule has 0 unspecified atom stereocenters. The molecule has 0 spiro atoms. The van der Waals surface area contributed by atoms with Crippen LogP contribution in [0.4, 0.5) is 5.82 Å². The topological polar surface area (TPSA) is 91.8 Å². The molecule has 0 saturated carbocycles. The van der Waals surface area contributed by atoms with E-state index in [9.17, 15) is 9.59 Å². The van der Waals surface area contributed by atoms with E-state index in [0.717, 1.165) is 0 Å². The highest BCUT2D eigenvalue weighted by atomic mass is 35.5. The number of ether oxygens (including phenoxy) is 1. The van der Waals surface area contributed by atoms with Gasteiger partial charge in [-0.2, -0.15) is 0 Å². The normalized spacial score (nSPS) is 14.8. The molecule has 0 aliphatic carbocycles. The van der Waals surface area contributed by atoms with Crippen molar-refractivity contribution in [3.05, 3.63) is 22.8 Å². The van der Waals surface area contributed by atoms with Crippen molar-refractivity contribution in [3.8, 4) is 0 Å². The summed E-state index contributed by atoms with van der Waals surface area (Å²) in [4.78, 5) is 28.7. The molecule has 1 aliphatic heterocycles. The van der Waals surface area contributed by atoms with E-state index >= 15 is 0 Å². The lowest BCUT2D eigenvalue weighted by atomic mass is 10.2. The Hall–Kier alpha value is -1.86. The molecule has 1 fully saturated rings. The van der Waals surface area contributed by atoms with E-state index in [1.165, 1.54) is 12.1 Å². The van der Waals surface area contributed by atoms with Gasteiger partial charge in [0.05, 0.1) is 13.2 Å². The molecule has 2 rings (SSSR count).